The molecule has 2 heterocycles. The summed E-state index contributed by atoms with van der Waals surface area (Å²) in [6, 6.07) is 2.09. The van der Waals surface area contributed by atoms with Crippen LogP contribution in [0.25, 0.3) is 0 Å². The minimum Gasteiger partial charge on any atom is -0.313 e. The van der Waals surface area contributed by atoms with Crippen molar-refractivity contribution in [2.75, 3.05) is 6.54 Å². The van der Waals surface area contributed by atoms with Crippen LogP contribution in [0.1, 0.15) is 30.3 Å². The summed E-state index contributed by atoms with van der Waals surface area (Å²) in [5.74, 6) is 0. The van der Waals surface area contributed by atoms with E-state index in [1.54, 1.807) is 0 Å². The predicted octanol–water partition coefficient (Wildman–Crippen LogP) is 1.47. The van der Waals surface area contributed by atoms with Gasteiger partial charge in [-0.2, -0.15) is 10.2 Å². The summed E-state index contributed by atoms with van der Waals surface area (Å²) in [7, 11) is 1.97. The van der Waals surface area contributed by atoms with Crippen LogP contribution in [0.2, 0.25) is 0 Å². The van der Waals surface area contributed by atoms with Crippen molar-refractivity contribution in [2.45, 2.75) is 33.4 Å². The van der Waals surface area contributed by atoms with Gasteiger partial charge in [0.1, 0.15) is 0 Å². The fourth-order valence-corrected chi connectivity index (χ4v) is 1.97. The van der Waals surface area contributed by atoms with Gasteiger partial charge in [-0.3, -0.25) is 9.36 Å². The van der Waals surface area contributed by atoms with Crippen molar-refractivity contribution in [1.82, 2.24) is 24.9 Å². The predicted molar refractivity (Wildman–Crippen MR) is 71.3 cm³/mol. The van der Waals surface area contributed by atoms with E-state index in [0.717, 1.165) is 31.7 Å². The van der Waals surface area contributed by atoms with E-state index in [4.69, 9.17) is 0 Å². The monoisotopic (exact) mass is 247 g/mol. The van der Waals surface area contributed by atoms with E-state index in [-0.39, 0.29) is 0 Å². The molecule has 2 aromatic heterocycles. The Kier molecular flexibility index (Phi) is 4.15. The lowest BCUT2D eigenvalue weighted by Gasteiger charge is -2.02. The minimum absolute atomic E-state index is 0.769. The van der Waals surface area contributed by atoms with Crippen LogP contribution in [0, 0.1) is 6.92 Å². The molecule has 2 rings (SSSR count). The smallest absolute Gasteiger partial charge is 0.0828 e. The highest BCUT2D eigenvalue weighted by atomic mass is 15.3. The van der Waals surface area contributed by atoms with Gasteiger partial charge in [0.25, 0.3) is 0 Å². The summed E-state index contributed by atoms with van der Waals surface area (Å²) in [5.41, 5.74) is 3.44. The largest absolute Gasteiger partial charge is 0.313 e. The van der Waals surface area contributed by atoms with Crippen molar-refractivity contribution in [3.63, 3.8) is 0 Å². The summed E-state index contributed by atoms with van der Waals surface area (Å²) < 4.78 is 3.87. The molecule has 0 radical (unpaired) electrons. The molecule has 0 unspecified atom stereocenters. The number of nitrogens with one attached hydrogen (secondary N) is 1. The Hall–Kier alpha value is -1.62. The normalized spacial score (nSPS) is 11.1. The molecule has 0 bridgehead atoms. The van der Waals surface area contributed by atoms with Gasteiger partial charge >= 0.3 is 0 Å². The highest BCUT2D eigenvalue weighted by molar-refractivity contribution is 5.10. The quantitative estimate of drug-likeness (QED) is 0.786. The van der Waals surface area contributed by atoms with Gasteiger partial charge in [-0.05, 0) is 26.0 Å². The molecule has 1 N–H and O–H groups in total. The first kappa shape index (κ1) is 12.8. The molecular formula is C13H21N5. The molecule has 0 aromatic carbocycles. The van der Waals surface area contributed by atoms with Crippen molar-refractivity contribution >= 4 is 0 Å². The first-order chi connectivity index (χ1) is 8.69. The van der Waals surface area contributed by atoms with E-state index in [2.05, 4.69) is 34.7 Å². The number of nitrogens with zero attached hydrogens (tertiary/aromatic N) is 4. The molecule has 0 fully saturated rings. The van der Waals surface area contributed by atoms with Gasteiger partial charge in [-0.25, -0.2) is 0 Å². The fraction of sp³-hybridized carbons (Fsp3) is 0.538. The highest BCUT2D eigenvalue weighted by Crippen LogP contribution is 2.05. The molecule has 5 heteroatoms. The van der Waals surface area contributed by atoms with Crippen molar-refractivity contribution < 1.29 is 0 Å². The molecule has 18 heavy (non-hydrogen) atoms. The van der Waals surface area contributed by atoms with Crippen LogP contribution in [0.5, 0.6) is 0 Å². The van der Waals surface area contributed by atoms with Crippen LogP contribution in [-0.4, -0.2) is 26.1 Å². The van der Waals surface area contributed by atoms with Gasteiger partial charge < -0.3 is 5.32 Å². The lowest BCUT2D eigenvalue weighted by atomic mass is 10.3. The fourth-order valence-electron chi connectivity index (χ4n) is 1.97. The van der Waals surface area contributed by atoms with Gasteiger partial charge in [-0.15, -0.1) is 0 Å². The van der Waals surface area contributed by atoms with E-state index < -0.39 is 0 Å². The standard InChI is InChI=1S/C13H21N5/c1-4-5-14-7-12-8-15-18(9-12)10-13-6-11(2)16-17(13)3/h6,8-9,14H,4-5,7,10H2,1-3H3. The molecule has 0 saturated carbocycles. The lowest BCUT2D eigenvalue weighted by molar-refractivity contribution is 0.617. The maximum atomic E-state index is 4.38. The van der Waals surface area contributed by atoms with Gasteiger partial charge in [0.05, 0.1) is 24.1 Å². The third-order valence-corrected chi connectivity index (χ3v) is 2.87. The summed E-state index contributed by atoms with van der Waals surface area (Å²) in [4.78, 5) is 0. The second kappa shape index (κ2) is 5.82. The second-order valence-electron chi connectivity index (χ2n) is 4.62. The Morgan fingerprint density at radius 3 is 2.89 bits per heavy atom. The summed E-state index contributed by atoms with van der Waals surface area (Å²) in [6.45, 7) is 6.88. The van der Waals surface area contributed by atoms with Crippen LogP contribution < -0.4 is 5.32 Å². The van der Waals surface area contributed by atoms with Gasteiger partial charge in [-0.1, -0.05) is 6.92 Å². The lowest BCUT2D eigenvalue weighted by Crippen LogP contribution is -2.13. The summed E-state index contributed by atoms with van der Waals surface area (Å²) in [6.07, 6.45) is 5.17. The maximum absolute atomic E-state index is 4.38. The van der Waals surface area contributed by atoms with E-state index >= 15 is 0 Å². The van der Waals surface area contributed by atoms with E-state index in [9.17, 15) is 0 Å². The average Bonchev–Trinajstić information content (AvgIpc) is 2.88. The zero-order valence-electron chi connectivity index (χ0n) is 11.3. The number of hydrogen-bond acceptors (Lipinski definition) is 3. The van der Waals surface area contributed by atoms with Crippen molar-refractivity contribution in [3.8, 4) is 0 Å². The zero-order chi connectivity index (χ0) is 13.0. The molecule has 0 atom stereocenters. The minimum atomic E-state index is 0.769. The summed E-state index contributed by atoms with van der Waals surface area (Å²) >= 11 is 0. The molecule has 2 aromatic rings. The number of aromatic nitrogens is 4. The van der Waals surface area contributed by atoms with Crippen LogP contribution >= 0.6 is 0 Å². The summed E-state index contributed by atoms with van der Waals surface area (Å²) in [5, 5.41) is 12.1. The van der Waals surface area contributed by atoms with Crippen LogP contribution in [-0.2, 0) is 20.1 Å². The highest BCUT2D eigenvalue weighted by Gasteiger charge is 2.04. The van der Waals surface area contributed by atoms with Gasteiger partial charge in [0.15, 0.2) is 0 Å². The molecule has 98 valence electrons. The second-order valence-corrected chi connectivity index (χ2v) is 4.62. The third-order valence-electron chi connectivity index (χ3n) is 2.87. The van der Waals surface area contributed by atoms with Crippen LogP contribution in [0.15, 0.2) is 18.5 Å². The first-order valence-electron chi connectivity index (χ1n) is 6.40. The Morgan fingerprint density at radius 1 is 1.39 bits per heavy atom. The topological polar surface area (TPSA) is 47.7 Å². The zero-order valence-corrected chi connectivity index (χ0v) is 11.3. The van der Waals surface area contributed by atoms with E-state index in [1.807, 2.05) is 29.5 Å². The van der Waals surface area contributed by atoms with E-state index in [0.29, 0.717) is 0 Å². The Labute approximate surface area is 108 Å². The van der Waals surface area contributed by atoms with Crippen molar-refractivity contribution in [3.05, 3.63) is 35.4 Å². The molecule has 0 aliphatic heterocycles. The number of hydrogen-bond donors (Lipinski definition) is 1. The van der Waals surface area contributed by atoms with Crippen molar-refractivity contribution in [2.24, 2.45) is 7.05 Å². The molecule has 5 nitrogen and oxygen atoms in total. The van der Waals surface area contributed by atoms with Crippen LogP contribution in [0.4, 0.5) is 0 Å². The molecule has 0 amide bonds. The van der Waals surface area contributed by atoms with Crippen molar-refractivity contribution in [1.29, 1.82) is 0 Å². The van der Waals surface area contributed by atoms with Gasteiger partial charge in [0, 0.05) is 25.4 Å². The Bertz CT molecular complexity index is 497. The Balaban J connectivity index is 1.96. The molecule has 0 saturated heterocycles. The molecule has 0 aliphatic rings. The average molecular weight is 247 g/mol. The van der Waals surface area contributed by atoms with Gasteiger partial charge in [0.2, 0.25) is 0 Å². The third kappa shape index (κ3) is 3.20. The first-order valence-corrected chi connectivity index (χ1v) is 6.40. The SMILES string of the molecule is CCCNCc1cnn(Cc2cc(C)nn2C)c1. The molecular weight excluding hydrogens is 226 g/mol. The number of aryl methyl sites for hydroxylation is 2. The Morgan fingerprint density at radius 2 is 2.22 bits per heavy atom. The maximum Gasteiger partial charge on any atom is 0.0828 e. The van der Waals surface area contributed by atoms with E-state index in [1.165, 1.54) is 11.3 Å². The number of rotatable bonds is 6. The van der Waals surface area contributed by atoms with Crippen LogP contribution in [0.3, 0.4) is 0 Å². The molecule has 0 aliphatic carbocycles. The molecule has 0 spiro atoms.